The van der Waals surface area contributed by atoms with E-state index in [4.69, 9.17) is 5.11 Å². The van der Waals surface area contributed by atoms with Gasteiger partial charge in [0, 0.05) is 6.54 Å². The van der Waals surface area contributed by atoms with E-state index in [1.165, 1.54) is 0 Å². The number of carboxylic acids is 1. The molecule has 1 heterocycles. The van der Waals surface area contributed by atoms with E-state index in [9.17, 15) is 14.4 Å². The molecule has 1 fully saturated rings. The van der Waals surface area contributed by atoms with Gasteiger partial charge in [0.2, 0.25) is 0 Å². The predicted molar refractivity (Wildman–Crippen MR) is 62.8 cm³/mol. The van der Waals surface area contributed by atoms with Gasteiger partial charge in [-0.05, 0) is 19.3 Å². The number of amides is 1. The van der Waals surface area contributed by atoms with Crippen LogP contribution < -0.4 is 5.32 Å². The lowest BCUT2D eigenvalue weighted by Gasteiger charge is -2.12. The van der Waals surface area contributed by atoms with Crippen LogP contribution in [-0.4, -0.2) is 35.6 Å². The number of carboxylic acid groups (broad SMARTS) is 1. The van der Waals surface area contributed by atoms with Gasteiger partial charge in [-0.3, -0.25) is 4.79 Å². The SMILES string of the molecule is O=C1NCCCCCCCCC(C(=O)O)OC1=O. The Bertz CT molecular complexity index is 316. The molecule has 1 unspecified atom stereocenters. The highest BCUT2D eigenvalue weighted by molar-refractivity contribution is 6.32. The number of aliphatic carboxylic acids is 1. The average Bonchev–Trinajstić information content (AvgIpc) is 2.34. The van der Waals surface area contributed by atoms with Gasteiger partial charge in [0.15, 0.2) is 6.10 Å². The molecule has 0 aliphatic carbocycles. The second kappa shape index (κ2) is 7.68. The van der Waals surface area contributed by atoms with Crippen LogP contribution in [0.15, 0.2) is 0 Å². The number of carbonyl (C=O) groups is 3. The molecular formula is C12H19NO5. The van der Waals surface area contributed by atoms with Crippen LogP contribution in [0.5, 0.6) is 0 Å². The van der Waals surface area contributed by atoms with Crippen molar-refractivity contribution in [2.75, 3.05) is 6.54 Å². The van der Waals surface area contributed by atoms with Crippen LogP contribution in [-0.2, 0) is 19.1 Å². The summed E-state index contributed by atoms with van der Waals surface area (Å²) >= 11 is 0. The van der Waals surface area contributed by atoms with E-state index in [2.05, 4.69) is 10.1 Å². The van der Waals surface area contributed by atoms with Gasteiger partial charge >= 0.3 is 17.8 Å². The Morgan fingerprint density at radius 1 is 1.11 bits per heavy atom. The third-order valence-corrected chi connectivity index (χ3v) is 2.89. The maximum Gasteiger partial charge on any atom is 0.397 e. The van der Waals surface area contributed by atoms with Crippen molar-refractivity contribution in [1.82, 2.24) is 5.32 Å². The van der Waals surface area contributed by atoms with Gasteiger partial charge in [0.25, 0.3) is 0 Å². The van der Waals surface area contributed by atoms with E-state index >= 15 is 0 Å². The fourth-order valence-electron chi connectivity index (χ4n) is 1.85. The number of rotatable bonds is 1. The second-order valence-corrected chi connectivity index (χ2v) is 4.40. The molecule has 1 amide bonds. The fraction of sp³-hybridized carbons (Fsp3) is 0.750. The molecule has 0 aromatic heterocycles. The van der Waals surface area contributed by atoms with Gasteiger partial charge in [-0.15, -0.1) is 0 Å². The molecule has 1 saturated heterocycles. The zero-order valence-electron chi connectivity index (χ0n) is 10.3. The largest absolute Gasteiger partial charge is 0.479 e. The standard InChI is InChI=1S/C12H19NO5/c14-10-12(17)18-9(11(15)16)7-5-3-1-2-4-6-8-13-10/h9H,1-8H2,(H,13,14)(H,15,16). The first-order valence-electron chi connectivity index (χ1n) is 6.33. The van der Waals surface area contributed by atoms with E-state index in [0.29, 0.717) is 13.0 Å². The Labute approximate surface area is 106 Å². The minimum atomic E-state index is -1.22. The molecule has 102 valence electrons. The van der Waals surface area contributed by atoms with Gasteiger partial charge in [-0.25, -0.2) is 9.59 Å². The highest BCUT2D eigenvalue weighted by Gasteiger charge is 2.25. The number of hydrogen-bond donors (Lipinski definition) is 2. The van der Waals surface area contributed by atoms with E-state index in [1.807, 2.05) is 0 Å². The van der Waals surface area contributed by atoms with Crippen molar-refractivity contribution in [3.63, 3.8) is 0 Å². The van der Waals surface area contributed by atoms with Crippen molar-refractivity contribution >= 4 is 17.8 Å². The third-order valence-electron chi connectivity index (χ3n) is 2.89. The van der Waals surface area contributed by atoms with Crippen LogP contribution >= 0.6 is 0 Å². The normalized spacial score (nSPS) is 23.9. The molecule has 6 nitrogen and oxygen atoms in total. The first-order chi connectivity index (χ1) is 8.61. The Morgan fingerprint density at radius 2 is 1.72 bits per heavy atom. The van der Waals surface area contributed by atoms with Crippen molar-refractivity contribution in [3.8, 4) is 0 Å². The number of esters is 1. The quantitative estimate of drug-likeness (QED) is 0.536. The lowest BCUT2D eigenvalue weighted by molar-refractivity contribution is -0.168. The summed E-state index contributed by atoms with van der Waals surface area (Å²) in [7, 11) is 0. The van der Waals surface area contributed by atoms with Crippen molar-refractivity contribution in [1.29, 1.82) is 0 Å². The molecule has 0 bridgehead atoms. The minimum Gasteiger partial charge on any atom is -0.479 e. The highest BCUT2D eigenvalue weighted by atomic mass is 16.6. The zero-order chi connectivity index (χ0) is 13.4. The summed E-state index contributed by atoms with van der Waals surface area (Å²) in [6.07, 6.45) is 4.56. The van der Waals surface area contributed by atoms with Crippen LogP contribution in [0.2, 0.25) is 0 Å². The van der Waals surface area contributed by atoms with E-state index in [0.717, 1.165) is 32.1 Å². The Kier molecular flexibility index (Phi) is 6.18. The third kappa shape index (κ3) is 5.16. The summed E-state index contributed by atoms with van der Waals surface area (Å²) in [5.74, 6) is -3.17. The Morgan fingerprint density at radius 3 is 2.39 bits per heavy atom. The maximum atomic E-state index is 11.3. The molecule has 18 heavy (non-hydrogen) atoms. The van der Waals surface area contributed by atoms with Gasteiger partial charge < -0.3 is 15.2 Å². The molecule has 6 heteroatoms. The summed E-state index contributed by atoms with van der Waals surface area (Å²) in [5.41, 5.74) is 0. The molecule has 1 aliphatic heterocycles. The molecule has 0 aromatic carbocycles. The van der Waals surface area contributed by atoms with E-state index in [-0.39, 0.29) is 6.42 Å². The first-order valence-corrected chi connectivity index (χ1v) is 6.33. The molecule has 1 atom stereocenters. The highest BCUT2D eigenvalue weighted by Crippen LogP contribution is 2.11. The zero-order valence-corrected chi connectivity index (χ0v) is 10.3. The summed E-state index contributed by atoms with van der Waals surface area (Å²) < 4.78 is 4.69. The number of nitrogens with one attached hydrogen (secondary N) is 1. The van der Waals surface area contributed by atoms with Crippen LogP contribution in [0.3, 0.4) is 0 Å². The molecular weight excluding hydrogens is 238 g/mol. The monoisotopic (exact) mass is 257 g/mol. The summed E-state index contributed by atoms with van der Waals surface area (Å²) in [6, 6.07) is 0. The smallest absolute Gasteiger partial charge is 0.397 e. The lowest BCUT2D eigenvalue weighted by Crippen LogP contribution is -2.37. The topological polar surface area (TPSA) is 92.7 Å². The van der Waals surface area contributed by atoms with Gasteiger partial charge in [-0.2, -0.15) is 0 Å². The van der Waals surface area contributed by atoms with E-state index < -0.39 is 23.9 Å². The maximum absolute atomic E-state index is 11.3. The van der Waals surface area contributed by atoms with Crippen molar-refractivity contribution < 1.29 is 24.2 Å². The first kappa shape index (κ1) is 14.5. The van der Waals surface area contributed by atoms with Crippen LogP contribution in [0.4, 0.5) is 0 Å². The summed E-state index contributed by atoms with van der Waals surface area (Å²) in [5, 5.41) is 11.3. The Balaban J connectivity index is 2.58. The second-order valence-electron chi connectivity index (χ2n) is 4.40. The van der Waals surface area contributed by atoms with Crippen LogP contribution in [0.1, 0.15) is 44.9 Å². The molecule has 1 aliphatic rings. The van der Waals surface area contributed by atoms with Gasteiger partial charge in [0.05, 0.1) is 0 Å². The Hall–Kier alpha value is -1.59. The summed E-state index contributed by atoms with van der Waals surface area (Å²) in [6.45, 7) is 0.422. The van der Waals surface area contributed by atoms with Crippen LogP contribution in [0, 0.1) is 0 Å². The van der Waals surface area contributed by atoms with Gasteiger partial charge in [-0.1, -0.05) is 25.7 Å². The minimum absolute atomic E-state index is 0.258. The molecule has 0 radical (unpaired) electrons. The molecule has 0 aromatic rings. The summed E-state index contributed by atoms with van der Waals surface area (Å²) in [4.78, 5) is 33.5. The van der Waals surface area contributed by atoms with Crippen LogP contribution in [0.25, 0.3) is 0 Å². The number of cyclic esters (lactones) is 1. The number of hydrogen-bond acceptors (Lipinski definition) is 4. The van der Waals surface area contributed by atoms with Crippen molar-refractivity contribution in [3.05, 3.63) is 0 Å². The molecule has 1 rings (SSSR count). The molecule has 0 spiro atoms. The average molecular weight is 257 g/mol. The van der Waals surface area contributed by atoms with Crippen molar-refractivity contribution in [2.45, 2.75) is 51.0 Å². The molecule has 0 saturated carbocycles. The molecule has 2 N–H and O–H groups in total. The van der Waals surface area contributed by atoms with Crippen molar-refractivity contribution in [2.24, 2.45) is 0 Å². The van der Waals surface area contributed by atoms with Gasteiger partial charge in [0.1, 0.15) is 0 Å². The lowest BCUT2D eigenvalue weighted by atomic mass is 10.1. The number of carbonyl (C=O) groups excluding carboxylic acids is 2. The predicted octanol–water partition coefficient (Wildman–Crippen LogP) is 0.843. The van der Waals surface area contributed by atoms with E-state index in [1.54, 1.807) is 0 Å². The number of ether oxygens (including phenoxy) is 1. The fourth-order valence-corrected chi connectivity index (χ4v) is 1.85.